The summed E-state index contributed by atoms with van der Waals surface area (Å²) in [6.45, 7) is 0. The summed E-state index contributed by atoms with van der Waals surface area (Å²) in [6.07, 6.45) is 4.28. The molecule has 1 aliphatic rings. The normalized spacial score (nSPS) is 16.1. The fourth-order valence-corrected chi connectivity index (χ4v) is 2.41. The Hall–Kier alpha value is -1.78. The maximum absolute atomic E-state index is 11.2. The molecule has 1 saturated carbocycles. The van der Waals surface area contributed by atoms with Gasteiger partial charge < -0.3 is 15.6 Å². The average molecular weight is 236 g/mol. The number of carboxylic acid groups (broad SMARTS) is 1. The summed E-state index contributed by atoms with van der Waals surface area (Å²) in [5.74, 6) is -0.573. The van der Waals surface area contributed by atoms with Crippen LogP contribution in [0.3, 0.4) is 0 Å². The van der Waals surface area contributed by atoms with Crippen molar-refractivity contribution in [3.05, 3.63) is 17.3 Å². The fourth-order valence-electron chi connectivity index (χ4n) is 2.41. The van der Waals surface area contributed by atoms with E-state index in [2.05, 4.69) is 4.98 Å². The van der Waals surface area contributed by atoms with Gasteiger partial charge in [-0.2, -0.15) is 0 Å². The smallest absolute Gasteiger partial charge is 0.354 e. The molecular weight excluding hydrogens is 220 g/mol. The zero-order chi connectivity index (χ0) is 12.4. The van der Waals surface area contributed by atoms with Crippen molar-refractivity contribution in [2.45, 2.75) is 31.6 Å². The molecule has 5 heteroatoms. The standard InChI is InChI=1S/C12H16N2O3/c1-17-11-9(13)6-8(7-4-2-3-5-7)10(14-11)12(15)16/h6-7H,2-5,13H2,1H3,(H,15,16). The Kier molecular flexibility index (Phi) is 3.17. The zero-order valence-electron chi connectivity index (χ0n) is 9.77. The molecule has 0 atom stereocenters. The van der Waals surface area contributed by atoms with Crippen molar-refractivity contribution in [2.24, 2.45) is 0 Å². The summed E-state index contributed by atoms with van der Waals surface area (Å²) in [4.78, 5) is 15.2. The highest BCUT2D eigenvalue weighted by molar-refractivity contribution is 5.88. The summed E-state index contributed by atoms with van der Waals surface area (Å²) in [5.41, 5.74) is 7.01. The molecule has 0 aliphatic heterocycles. The minimum absolute atomic E-state index is 0.0722. The predicted molar refractivity (Wildman–Crippen MR) is 63.4 cm³/mol. The van der Waals surface area contributed by atoms with Gasteiger partial charge in [0.1, 0.15) is 0 Å². The Morgan fingerprint density at radius 2 is 2.18 bits per heavy atom. The van der Waals surface area contributed by atoms with Crippen LogP contribution in [0.15, 0.2) is 6.07 Å². The van der Waals surface area contributed by atoms with Crippen molar-refractivity contribution in [3.8, 4) is 5.88 Å². The number of aromatic nitrogens is 1. The van der Waals surface area contributed by atoms with Crippen LogP contribution < -0.4 is 10.5 Å². The monoisotopic (exact) mass is 236 g/mol. The second-order valence-corrected chi connectivity index (χ2v) is 4.31. The molecule has 17 heavy (non-hydrogen) atoms. The Morgan fingerprint density at radius 3 is 2.71 bits per heavy atom. The predicted octanol–water partition coefficient (Wildman–Crippen LogP) is 2.03. The molecule has 1 aromatic rings. The van der Waals surface area contributed by atoms with E-state index in [1.165, 1.54) is 7.11 Å². The summed E-state index contributed by atoms with van der Waals surface area (Å²) in [5, 5.41) is 9.18. The molecule has 1 fully saturated rings. The van der Waals surface area contributed by atoms with Crippen LogP contribution in [0.2, 0.25) is 0 Å². The van der Waals surface area contributed by atoms with E-state index in [1.807, 2.05) is 0 Å². The highest BCUT2D eigenvalue weighted by atomic mass is 16.5. The Morgan fingerprint density at radius 1 is 1.53 bits per heavy atom. The van der Waals surface area contributed by atoms with E-state index in [1.54, 1.807) is 6.07 Å². The minimum atomic E-state index is -1.02. The van der Waals surface area contributed by atoms with E-state index in [9.17, 15) is 9.90 Å². The SMILES string of the molecule is COc1nc(C(=O)O)c(C2CCCC2)cc1N. The van der Waals surface area contributed by atoms with E-state index >= 15 is 0 Å². The molecule has 1 aromatic heterocycles. The summed E-state index contributed by atoms with van der Waals surface area (Å²) in [6, 6.07) is 1.70. The molecule has 0 bridgehead atoms. The van der Waals surface area contributed by atoms with E-state index in [0.29, 0.717) is 5.69 Å². The Bertz CT molecular complexity index is 440. The second-order valence-electron chi connectivity index (χ2n) is 4.31. The molecule has 1 heterocycles. The van der Waals surface area contributed by atoms with Gasteiger partial charge in [0.2, 0.25) is 5.88 Å². The maximum Gasteiger partial charge on any atom is 0.354 e. The molecule has 0 saturated heterocycles. The first-order valence-electron chi connectivity index (χ1n) is 5.71. The number of hydrogen-bond acceptors (Lipinski definition) is 4. The lowest BCUT2D eigenvalue weighted by Gasteiger charge is -2.14. The number of pyridine rings is 1. The molecule has 2 rings (SSSR count). The Balaban J connectivity index is 2.48. The average Bonchev–Trinajstić information content (AvgIpc) is 2.81. The van der Waals surface area contributed by atoms with Crippen LogP contribution >= 0.6 is 0 Å². The molecule has 92 valence electrons. The number of hydrogen-bond donors (Lipinski definition) is 2. The second kappa shape index (κ2) is 4.61. The number of anilines is 1. The van der Waals surface area contributed by atoms with Gasteiger partial charge in [-0.25, -0.2) is 9.78 Å². The first kappa shape index (κ1) is 11.7. The van der Waals surface area contributed by atoms with Crippen molar-refractivity contribution in [1.29, 1.82) is 0 Å². The lowest BCUT2D eigenvalue weighted by atomic mass is 9.95. The van der Waals surface area contributed by atoms with Crippen molar-refractivity contribution in [1.82, 2.24) is 4.98 Å². The van der Waals surface area contributed by atoms with Crippen LogP contribution in [0.5, 0.6) is 5.88 Å². The molecule has 3 N–H and O–H groups in total. The number of methoxy groups -OCH3 is 1. The highest BCUT2D eigenvalue weighted by Gasteiger charge is 2.25. The molecule has 5 nitrogen and oxygen atoms in total. The first-order valence-corrected chi connectivity index (χ1v) is 5.71. The number of rotatable bonds is 3. The number of nitrogens with two attached hydrogens (primary N) is 1. The van der Waals surface area contributed by atoms with Gasteiger partial charge in [-0.1, -0.05) is 12.8 Å². The van der Waals surface area contributed by atoms with Crippen LogP contribution in [0.25, 0.3) is 0 Å². The largest absolute Gasteiger partial charge is 0.480 e. The van der Waals surface area contributed by atoms with Gasteiger partial charge in [-0.15, -0.1) is 0 Å². The number of nitrogen functional groups attached to an aromatic ring is 1. The molecule has 1 aliphatic carbocycles. The maximum atomic E-state index is 11.2. The lowest BCUT2D eigenvalue weighted by molar-refractivity contribution is 0.0687. The third kappa shape index (κ3) is 2.18. The number of ether oxygens (including phenoxy) is 1. The van der Waals surface area contributed by atoms with Gasteiger partial charge in [0, 0.05) is 0 Å². The quantitative estimate of drug-likeness (QED) is 0.838. The highest BCUT2D eigenvalue weighted by Crippen LogP contribution is 2.37. The van der Waals surface area contributed by atoms with Gasteiger partial charge in [-0.05, 0) is 30.4 Å². The molecule has 0 radical (unpaired) electrons. The van der Waals surface area contributed by atoms with Crippen LogP contribution in [0.1, 0.15) is 47.7 Å². The minimum Gasteiger partial charge on any atom is -0.480 e. The fraction of sp³-hybridized carbons (Fsp3) is 0.500. The molecule has 0 unspecified atom stereocenters. The van der Waals surface area contributed by atoms with Crippen LogP contribution in [0, 0.1) is 0 Å². The first-order chi connectivity index (χ1) is 8.13. The van der Waals surface area contributed by atoms with Gasteiger partial charge >= 0.3 is 5.97 Å². The zero-order valence-corrected chi connectivity index (χ0v) is 9.77. The van der Waals surface area contributed by atoms with E-state index < -0.39 is 5.97 Å². The third-order valence-electron chi connectivity index (χ3n) is 3.24. The van der Waals surface area contributed by atoms with Crippen LogP contribution in [-0.2, 0) is 0 Å². The summed E-state index contributed by atoms with van der Waals surface area (Å²) >= 11 is 0. The summed E-state index contributed by atoms with van der Waals surface area (Å²) in [7, 11) is 1.43. The van der Waals surface area contributed by atoms with Crippen molar-refractivity contribution >= 4 is 11.7 Å². The van der Waals surface area contributed by atoms with Crippen molar-refractivity contribution < 1.29 is 14.6 Å². The van der Waals surface area contributed by atoms with E-state index in [4.69, 9.17) is 10.5 Å². The van der Waals surface area contributed by atoms with E-state index in [0.717, 1.165) is 31.2 Å². The molecule has 0 amide bonds. The molecular formula is C12H16N2O3. The van der Waals surface area contributed by atoms with Gasteiger partial charge in [0.05, 0.1) is 12.8 Å². The molecule has 0 aromatic carbocycles. The van der Waals surface area contributed by atoms with Gasteiger partial charge in [0.15, 0.2) is 5.69 Å². The lowest BCUT2D eigenvalue weighted by Crippen LogP contribution is -2.11. The number of nitrogens with zero attached hydrogens (tertiary/aromatic N) is 1. The van der Waals surface area contributed by atoms with Crippen molar-refractivity contribution in [2.75, 3.05) is 12.8 Å². The number of aromatic carboxylic acids is 1. The van der Waals surface area contributed by atoms with Gasteiger partial charge in [0.25, 0.3) is 0 Å². The van der Waals surface area contributed by atoms with Gasteiger partial charge in [-0.3, -0.25) is 0 Å². The number of carbonyl (C=O) groups is 1. The summed E-state index contributed by atoms with van der Waals surface area (Å²) < 4.78 is 4.95. The van der Waals surface area contributed by atoms with Crippen LogP contribution in [0.4, 0.5) is 5.69 Å². The van der Waals surface area contributed by atoms with Crippen molar-refractivity contribution in [3.63, 3.8) is 0 Å². The topological polar surface area (TPSA) is 85.4 Å². The Labute approximate surface area is 99.6 Å². The van der Waals surface area contributed by atoms with E-state index in [-0.39, 0.29) is 17.5 Å². The number of carboxylic acids is 1. The molecule has 0 spiro atoms. The third-order valence-corrected chi connectivity index (χ3v) is 3.24. The van der Waals surface area contributed by atoms with Crippen LogP contribution in [-0.4, -0.2) is 23.2 Å².